The summed E-state index contributed by atoms with van der Waals surface area (Å²) in [7, 11) is 0. The Morgan fingerprint density at radius 3 is 1.48 bits per heavy atom. The molecule has 0 N–H and O–H groups in total. The third kappa shape index (κ3) is 6.91. The van der Waals surface area contributed by atoms with Crippen molar-refractivity contribution in [3.8, 4) is 55.6 Å². The van der Waals surface area contributed by atoms with Crippen molar-refractivity contribution >= 4 is 44.7 Å². The largest absolute Gasteiger partial charge is 0.311 e. The summed E-state index contributed by atoms with van der Waals surface area (Å²) in [6, 6.07) is 82.2. The first-order valence-corrected chi connectivity index (χ1v) is 21.3. The Kier molecular flexibility index (Phi) is 9.41. The Balaban J connectivity index is 0.986. The van der Waals surface area contributed by atoms with Gasteiger partial charge in [-0.1, -0.05) is 194 Å². The van der Waals surface area contributed by atoms with Crippen LogP contribution in [0.25, 0.3) is 83.3 Å². The summed E-state index contributed by atoms with van der Waals surface area (Å²) in [5, 5.41) is 5.02. The zero-order valence-electron chi connectivity index (χ0n) is 33.9. The topological polar surface area (TPSA) is 3.24 Å². The van der Waals surface area contributed by atoms with Crippen molar-refractivity contribution in [1.29, 1.82) is 0 Å². The second-order valence-corrected chi connectivity index (χ2v) is 16.0. The lowest BCUT2D eigenvalue weighted by atomic mass is 9.89. The lowest BCUT2D eigenvalue weighted by Crippen LogP contribution is -2.10. The van der Waals surface area contributed by atoms with Crippen molar-refractivity contribution < 1.29 is 0 Å². The minimum Gasteiger partial charge on any atom is -0.311 e. The van der Waals surface area contributed by atoms with Crippen molar-refractivity contribution in [2.75, 3.05) is 4.90 Å². The first-order chi connectivity index (χ1) is 30.2. The van der Waals surface area contributed by atoms with Crippen molar-refractivity contribution in [3.63, 3.8) is 0 Å². The Labute approximate surface area is 358 Å². The maximum Gasteiger partial charge on any atom is 0.0462 e. The van der Waals surface area contributed by atoms with E-state index in [1.54, 1.807) is 0 Å². The number of allylic oxidation sites excluding steroid dienone is 1. The van der Waals surface area contributed by atoms with Crippen LogP contribution in [-0.2, 0) is 6.42 Å². The highest BCUT2D eigenvalue weighted by molar-refractivity contribution is 6.01. The van der Waals surface area contributed by atoms with Crippen LogP contribution in [0.5, 0.6) is 0 Å². The van der Waals surface area contributed by atoms with E-state index in [0.717, 1.165) is 29.9 Å². The first kappa shape index (κ1) is 36.3. The molecule has 0 bridgehead atoms. The van der Waals surface area contributed by atoms with Gasteiger partial charge in [-0.2, -0.15) is 0 Å². The van der Waals surface area contributed by atoms with E-state index in [0.29, 0.717) is 0 Å². The number of nitrogens with zero attached hydrogens (tertiary/aromatic N) is 1. The number of benzene rings is 10. The summed E-state index contributed by atoms with van der Waals surface area (Å²) < 4.78 is 0. The molecule has 0 aromatic heterocycles. The molecule has 0 spiro atoms. The lowest BCUT2D eigenvalue weighted by Gasteiger charge is -2.26. The summed E-state index contributed by atoms with van der Waals surface area (Å²) in [5.74, 6) is 0. The smallest absolute Gasteiger partial charge is 0.0462 e. The molecule has 0 atom stereocenters. The highest BCUT2D eigenvalue weighted by atomic mass is 15.1. The zero-order chi connectivity index (χ0) is 40.5. The molecule has 0 aliphatic heterocycles. The Bertz CT molecular complexity index is 3200. The highest BCUT2D eigenvalue weighted by Crippen LogP contribution is 2.42. The Morgan fingerprint density at radius 1 is 0.311 bits per heavy atom. The quantitative estimate of drug-likeness (QED) is 0.149. The molecule has 10 aromatic carbocycles. The van der Waals surface area contributed by atoms with Crippen LogP contribution < -0.4 is 4.90 Å². The van der Waals surface area contributed by atoms with Gasteiger partial charge in [-0.15, -0.1) is 0 Å². The average molecular weight is 778 g/mol. The van der Waals surface area contributed by atoms with Crippen LogP contribution in [-0.4, -0.2) is 0 Å². The molecule has 61 heavy (non-hydrogen) atoms. The van der Waals surface area contributed by atoms with Crippen LogP contribution in [0.3, 0.4) is 0 Å². The standard InChI is InChI=1S/C60H43N/c1-2-13-46(14-3-1)60-41-49(33-40-59(60)58-26-12-20-45-17-6-9-23-57(45)58)42-27-34-50(35-28-42)61(51-36-29-47(30-37-51)55-24-10-18-43-15-4-7-21-53(43)55)52-38-31-48(32-39-52)56-25-11-19-44-16-5-8-22-54(44)56/h1-7,9-21,23-41H,8,22H2. The highest BCUT2D eigenvalue weighted by Gasteiger charge is 2.17. The van der Waals surface area contributed by atoms with Gasteiger partial charge in [0.1, 0.15) is 0 Å². The van der Waals surface area contributed by atoms with E-state index in [2.05, 4.69) is 242 Å². The molecule has 0 amide bonds. The molecule has 1 nitrogen and oxygen atoms in total. The monoisotopic (exact) mass is 777 g/mol. The zero-order valence-corrected chi connectivity index (χ0v) is 33.9. The van der Waals surface area contributed by atoms with Crippen molar-refractivity contribution in [2.45, 2.75) is 12.8 Å². The molecule has 0 radical (unpaired) electrons. The van der Waals surface area contributed by atoms with Gasteiger partial charge in [-0.05, 0) is 144 Å². The van der Waals surface area contributed by atoms with Gasteiger partial charge in [0.25, 0.3) is 0 Å². The van der Waals surface area contributed by atoms with E-state index in [1.165, 1.54) is 88.3 Å². The summed E-state index contributed by atoms with van der Waals surface area (Å²) in [5.41, 5.74) is 18.4. The van der Waals surface area contributed by atoms with Gasteiger partial charge in [0.15, 0.2) is 0 Å². The SMILES string of the molecule is C1=Cc2cccc(-c3ccc(N(c4ccc(-c5ccc(-c6cccc7ccccc67)c(-c6ccccc6)c5)cc4)c4ccc(-c5cccc6ccccc56)cc4)cc3)c2CC1. The van der Waals surface area contributed by atoms with Crippen molar-refractivity contribution in [1.82, 2.24) is 0 Å². The number of anilines is 3. The maximum atomic E-state index is 2.38. The van der Waals surface area contributed by atoms with Crippen LogP contribution in [0.4, 0.5) is 17.1 Å². The molecule has 288 valence electrons. The minimum absolute atomic E-state index is 1.07. The molecule has 1 heteroatoms. The van der Waals surface area contributed by atoms with Gasteiger partial charge in [-0.3, -0.25) is 0 Å². The van der Waals surface area contributed by atoms with E-state index in [4.69, 9.17) is 0 Å². The summed E-state index contributed by atoms with van der Waals surface area (Å²) >= 11 is 0. The molecule has 11 rings (SSSR count). The van der Waals surface area contributed by atoms with Crippen LogP contribution in [0.1, 0.15) is 17.5 Å². The second-order valence-electron chi connectivity index (χ2n) is 16.0. The van der Waals surface area contributed by atoms with E-state index in [-0.39, 0.29) is 0 Å². The molecule has 0 heterocycles. The van der Waals surface area contributed by atoms with Gasteiger partial charge >= 0.3 is 0 Å². The van der Waals surface area contributed by atoms with E-state index < -0.39 is 0 Å². The number of rotatable bonds is 8. The molecule has 0 saturated heterocycles. The van der Waals surface area contributed by atoms with Crippen molar-refractivity contribution in [3.05, 3.63) is 242 Å². The van der Waals surface area contributed by atoms with E-state index in [9.17, 15) is 0 Å². The minimum atomic E-state index is 1.07. The van der Waals surface area contributed by atoms with Gasteiger partial charge in [-0.25, -0.2) is 0 Å². The molecular formula is C60H43N. The fourth-order valence-corrected chi connectivity index (χ4v) is 9.33. The van der Waals surface area contributed by atoms with Crippen LogP contribution in [0.2, 0.25) is 0 Å². The number of hydrogen-bond donors (Lipinski definition) is 0. The summed E-state index contributed by atoms with van der Waals surface area (Å²) in [4.78, 5) is 2.38. The molecule has 1 aliphatic rings. The van der Waals surface area contributed by atoms with Gasteiger partial charge < -0.3 is 4.90 Å². The van der Waals surface area contributed by atoms with Crippen LogP contribution >= 0.6 is 0 Å². The Morgan fingerprint density at radius 2 is 0.803 bits per heavy atom. The van der Waals surface area contributed by atoms with E-state index in [1.807, 2.05) is 0 Å². The molecule has 0 fully saturated rings. The van der Waals surface area contributed by atoms with Crippen LogP contribution in [0, 0.1) is 0 Å². The lowest BCUT2D eigenvalue weighted by molar-refractivity contribution is 0.988. The fourth-order valence-electron chi connectivity index (χ4n) is 9.33. The Hall–Kier alpha value is -7.74. The summed E-state index contributed by atoms with van der Waals surface area (Å²) in [6.07, 6.45) is 6.71. The first-order valence-electron chi connectivity index (χ1n) is 21.3. The third-order valence-corrected chi connectivity index (χ3v) is 12.4. The normalized spacial score (nSPS) is 12.1. The average Bonchev–Trinajstić information content (AvgIpc) is 3.34. The summed E-state index contributed by atoms with van der Waals surface area (Å²) in [6.45, 7) is 0. The maximum absolute atomic E-state index is 2.38. The van der Waals surface area contributed by atoms with Gasteiger partial charge in [0.2, 0.25) is 0 Å². The molecular weight excluding hydrogens is 735 g/mol. The number of fused-ring (bicyclic) bond motifs is 3. The predicted octanol–water partition coefficient (Wildman–Crippen LogP) is 16.8. The van der Waals surface area contributed by atoms with Gasteiger partial charge in [0, 0.05) is 17.1 Å². The predicted molar refractivity (Wildman–Crippen MR) is 261 cm³/mol. The molecule has 0 saturated carbocycles. The number of hydrogen-bond acceptors (Lipinski definition) is 1. The molecule has 10 aromatic rings. The fraction of sp³-hybridized carbons (Fsp3) is 0.0333. The molecule has 1 aliphatic carbocycles. The second kappa shape index (κ2) is 15.8. The molecule has 0 unspecified atom stereocenters. The van der Waals surface area contributed by atoms with Gasteiger partial charge in [0.05, 0.1) is 0 Å². The third-order valence-electron chi connectivity index (χ3n) is 12.4. The van der Waals surface area contributed by atoms with Crippen molar-refractivity contribution in [2.24, 2.45) is 0 Å². The van der Waals surface area contributed by atoms with Crippen LogP contribution in [0.15, 0.2) is 231 Å². The van der Waals surface area contributed by atoms with E-state index >= 15 is 0 Å².